The molecule has 6 atom stereocenters. The Bertz CT molecular complexity index is 1650. The van der Waals surface area contributed by atoms with Gasteiger partial charge in [0.1, 0.15) is 36.1 Å². The predicted octanol–water partition coefficient (Wildman–Crippen LogP) is 7.48. The third kappa shape index (κ3) is 13.1. The normalized spacial score (nSPS) is 20.7. The third-order valence-corrected chi connectivity index (χ3v) is 8.71. The summed E-state index contributed by atoms with van der Waals surface area (Å²) in [5.74, 6) is -1.18. The summed E-state index contributed by atoms with van der Waals surface area (Å²) in [5, 5.41) is 12.6. The van der Waals surface area contributed by atoms with Gasteiger partial charge in [-0.25, -0.2) is 9.59 Å². The van der Waals surface area contributed by atoms with Crippen molar-refractivity contribution in [2.24, 2.45) is 0 Å². The maximum atomic E-state index is 12.6. The number of aliphatic carboxylic acids is 1. The van der Waals surface area contributed by atoms with Crippen molar-refractivity contribution in [3.05, 3.63) is 144 Å². The highest BCUT2D eigenvalue weighted by Gasteiger charge is 2.48. The van der Waals surface area contributed by atoms with Crippen LogP contribution in [-0.2, 0) is 59.6 Å². The second-order valence-corrected chi connectivity index (χ2v) is 14.1. The third-order valence-electron chi connectivity index (χ3n) is 8.71. The molecule has 53 heavy (non-hydrogen) atoms. The van der Waals surface area contributed by atoms with Crippen molar-refractivity contribution in [1.82, 2.24) is 5.32 Å². The quantitative estimate of drug-likeness (QED) is 0.108. The summed E-state index contributed by atoms with van der Waals surface area (Å²) < 4.78 is 38.6. The summed E-state index contributed by atoms with van der Waals surface area (Å²) in [6.07, 6.45) is -3.75. The van der Waals surface area contributed by atoms with Gasteiger partial charge in [-0.3, -0.25) is 0 Å². The van der Waals surface area contributed by atoms with Crippen molar-refractivity contribution < 1.29 is 43.1 Å². The number of carbonyl (C=O) groups excluding carboxylic acids is 1. The van der Waals surface area contributed by atoms with Gasteiger partial charge < -0.3 is 38.8 Å². The van der Waals surface area contributed by atoms with E-state index < -0.39 is 54.2 Å². The van der Waals surface area contributed by atoms with E-state index in [4.69, 9.17) is 28.4 Å². The van der Waals surface area contributed by atoms with E-state index in [0.717, 1.165) is 22.3 Å². The molecule has 0 saturated carbocycles. The minimum atomic E-state index is -1.23. The van der Waals surface area contributed by atoms with E-state index in [9.17, 15) is 14.7 Å². The monoisotopic (exact) mass is 725 g/mol. The van der Waals surface area contributed by atoms with Crippen LogP contribution in [0.15, 0.2) is 121 Å². The minimum Gasteiger partial charge on any atom is -0.480 e. The topological polar surface area (TPSA) is 122 Å². The maximum absolute atomic E-state index is 12.6. The highest BCUT2D eigenvalue weighted by Crippen LogP contribution is 2.33. The van der Waals surface area contributed by atoms with Crippen molar-refractivity contribution in [3.63, 3.8) is 0 Å². The Kier molecular flexibility index (Phi) is 15.0. The molecule has 0 aromatic heterocycles. The Morgan fingerprint density at radius 3 is 1.49 bits per heavy atom. The van der Waals surface area contributed by atoms with Gasteiger partial charge in [0, 0.05) is 0 Å². The van der Waals surface area contributed by atoms with Crippen LogP contribution in [0.1, 0.15) is 55.9 Å². The van der Waals surface area contributed by atoms with Crippen molar-refractivity contribution in [2.45, 2.75) is 102 Å². The fourth-order valence-electron chi connectivity index (χ4n) is 6.16. The zero-order valence-electron chi connectivity index (χ0n) is 30.7. The molecular formula is C43H51NO9. The summed E-state index contributed by atoms with van der Waals surface area (Å²) in [4.78, 5) is 25.0. The fourth-order valence-corrected chi connectivity index (χ4v) is 6.16. The number of carboxylic acid groups (broad SMARTS) is 1. The van der Waals surface area contributed by atoms with E-state index in [1.165, 1.54) is 0 Å². The van der Waals surface area contributed by atoms with Gasteiger partial charge in [0.2, 0.25) is 0 Å². The van der Waals surface area contributed by atoms with E-state index in [1.54, 1.807) is 20.8 Å². The van der Waals surface area contributed by atoms with Gasteiger partial charge in [0.15, 0.2) is 0 Å². The first kappa shape index (κ1) is 39.6. The highest BCUT2D eigenvalue weighted by molar-refractivity contribution is 5.79. The molecule has 10 nitrogen and oxygen atoms in total. The lowest BCUT2D eigenvalue weighted by molar-refractivity contribution is -0.273. The number of carboxylic acids is 1. The summed E-state index contributed by atoms with van der Waals surface area (Å²) in [6, 6.07) is 38.2. The lowest BCUT2D eigenvalue weighted by Crippen LogP contribution is -2.61. The van der Waals surface area contributed by atoms with Gasteiger partial charge in [-0.05, 0) is 55.9 Å². The van der Waals surface area contributed by atoms with Crippen LogP contribution < -0.4 is 5.32 Å². The van der Waals surface area contributed by atoms with Gasteiger partial charge in [-0.2, -0.15) is 0 Å². The second kappa shape index (κ2) is 20.0. The molecule has 1 heterocycles. The van der Waals surface area contributed by atoms with Crippen LogP contribution in [0.25, 0.3) is 0 Å². The number of rotatable bonds is 18. The van der Waals surface area contributed by atoms with Crippen LogP contribution in [0.2, 0.25) is 0 Å². The first-order chi connectivity index (χ1) is 25.6. The summed E-state index contributed by atoms with van der Waals surface area (Å²) in [5.41, 5.74) is 3.14. The first-order valence-electron chi connectivity index (χ1n) is 18.1. The molecule has 0 radical (unpaired) electrons. The number of carbonyl (C=O) groups is 2. The molecule has 0 unspecified atom stereocenters. The molecule has 2 N–H and O–H groups in total. The molecule has 0 spiro atoms. The molecule has 1 saturated heterocycles. The number of hydrogen-bond donors (Lipinski definition) is 2. The van der Waals surface area contributed by atoms with Crippen LogP contribution in [0, 0.1) is 0 Å². The average molecular weight is 726 g/mol. The van der Waals surface area contributed by atoms with E-state index in [0.29, 0.717) is 13.2 Å². The molecule has 1 aliphatic rings. The van der Waals surface area contributed by atoms with E-state index in [2.05, 4.69) is 5.32 Å². The number of amides is 1. The van der Waals surface area contributed by atoms with Crippen LogP contribution in [0.4, 0.5) is 4.79 Å². The van der Waals surface area contributed by atoms with Crippen molar-refractivity contribution >= 4 is 12.1 Å². The lowest BCUT2D eigenvalue weighted by Gasteiger charge is -2.46. The van der Waals surface area contributed by atoms with Crippen LogP contribution in [0.3, 0.4) is 0 Å². The smallest absolute Gasteiger partial charge is 0.408 e. The molecule has 1 amide bonds. The van der Waals surface area contributed by atoms with Crippen molar-refractivity contribution in [2.75, 3.05) is 6.61 Å². The molecular weight excluding hydrogens is 674 g/mol. The Labute approximate surface area is 312 Å². The zero-order chi connectivity index (χ0) is 37.5. The maximum Gasteiger partial charge on any atom is 0.408 e. The largest absolute Gasteiger partial charge is 0.480 e. The summed E-state index contributed by atoms with van der Waals surface area (Å²) >= 11 is 0. The van der Waals surface area contributed by atoms with Gasteiger partial charge >= 0.3 is 12.1 Å². The number of nitrogens with one attached hydrogen (secondary N) is 1. The molecule has 1 fully saturated rings. The van der Waals surface area contributed by atoms with Gasteiger partial charge in [-0.15, -0.1) is 0 Å². The number of benzene rings is 4. The fraction of sp³-hybridized carbons (Fsp3) is 0.395. The second-order valence-electron chi connectivity index (χ2n) is 14.1. The van der Waals surface area contributed by atoms with Gasteiger partial charge in [0.05, 0.1) is 39.1 Å². The highest BCUT2D eigenvalue weighted by atomic mass is 16.6. The van der Waals surface area contributed by atoms with Crippen molar-refractivity contribution in [1.29, 1.82) is 0 Å². The molecule has 0 bridgehead atoms. The SMILES string of the molecule is CC(C)(C)OC(=O)N[C@@H](CC[C@@H]1O[C@H](COCc2ccccc2)[C@@H](OCc2ccccc2)[C@H](OCc2ccccc2)[C@H]1OCc1ccccc1)C(=O)O. The Hall–Kier alpha value is -4.58. The average Bonchev–Trinajstić information content (AvgIpc) is 3.15. The summed E-state index contributed by atoms with van der Waals surface area (Å²) in [7, 11) is 0. The van der Waals surface area contributed by atoms with E-state index in [1.807, 2.05) is 121 Å². The number of ether oxygens (including phenoxy) is 6. The lowest BCUT2D eigenvalue weighted by atomic mass is 9.90. The predicted molar refractivity (Wildman–Crippen MR) is 200 cm³/mol. The molecule has 10 heteroatoms. The number of hydrogen-bond acceptors (Lipinski definition) is 8. The first-order valence-corrected chi connectivity index (χ1v) is 18.1. The zero-order valence-corrected chi connectivity index (χ0v) is 30.7. The molecule has 282 valence electrons. The molecule has 1 aliphatic heterocycles. The Morgan fingerprint density at radius 2 is 1.06 bits per heavy atom. The van der Waals surface area contributed by atoms with Crippen LogP contribution in [-0.4, -0.2) is 65.9 Å². The Balaban J connectivity index is 1.45. The molecule has 0 aliphatic carbocycles. The molecule has 4 aromatic rings. The molecule has 5 rings (SSSR count). The van der Waals surface area contributed by atoms with Crippen LogP contribution in [0.5, 0.6) is 0 Å². The standard InChI is InChI=1S/C43H51NO9/c1-43(2,3)53-42(47)44-35(41(45)46)24-25-36-38(49-27-32-18-10-5-11-19-32)40(51-29-34-22-14-7-15-23-34)39(50-28-33-20-12-6-13-21-33)37(52-36)30-48-26-31-16-8-4-9-17-31/h4-23,35-40H,24-30H2,1-3H3,(H,44,47)(H,45,46)/t35-,36-,37+,38-,39+,40+/m0/s1. The van der Waals surface area contributed by atoms with Gasteiger partial charge in [0.25, 0.3) is 0 Å². The number of alkyl carbamates (subject to hydrolysis) is 1. The van der Waals surface area contributed by atoms with Crippen LogP contribution >= 0.6 is 0 Å². The Morgan fingerprint density at radius 1 is 0.642 bits per heavy atom. The summed E-state index contributed by atoms with van der Waals surface area (Å²) in [6.45, 7) is 6.55. The van der Waals surface area contributed by atoms with Gasteiger partial charge in [-0.1, -0.05) is 121 Å². The molecule has 4 aromatic carbocycles. The minimum absolute atomic E-state index is 0.0446. The van der Waals surface area contributed by atoms with Crippen molar-refractivity contribution in [3.8, 4) is 0 Å². The van der Waals surface area contributed by atoms with E-state index in [-0.39, 0.29) is 32.7 Å². The van der Waals surface area contributed by atoms with E-state index >= 15 is 0 Å².